The molecule has 8 heteroatoms. The van der Waals surface area contributed by atoms with Crippen LogP contribution in [0.5, 0.6) is 0 Å². The average Bonchev–Trinajstić information content (AvgIpc) is 3.24. The number of carbonyl (C=O) groups is 2. The third-order valence-electron chi connectivity index (χ3n) is 6.18. The highest BCUT2D eigenvalue weighted by atomic mass is 16.5. The van der Waals surface area contributed by atoms with E-state index in [1.54, 1.807) is 12.0 Å². The Labute approximate surface area is 189 Å². The highest BCUT2D eigenvalue weighted by molar-refractivity contribution is 5.95. The highest BCUT2D eigenvalue weighted by Crippen LogP contribution is 2.34. The Morgan fingerprint density at radius 2 is 2.03 bits per heavy atom. The number of benzene rings is 1. The fourth-order valence-corrected chi connectivity index (χ4v) is 4.52. The van der Waals surface area contributed by atoms with Crippen LogP contribution in [0.4, 0.5) is 5.82 Å². The number of amides is 2. The molecule has 4 rings (SSSR count). The number of hydrogen-bond acceptors (Lipinski definition) is 6. The third kappa shape index (κ3) is 4.97. The van der Waals surface area contributed by atoms with Crippen LogP contribution in [0.3, 0.4) is 0 Å². The van der Waals surface area contributed by atoms with Gasteiger partial charge < -0.3 is 10.1 Å². The fourth-order valence-electron chi connectivity index (χ4n) is 4.52. The lowest BCUT2D eigenvalue weighted by atomic mass is 10.0. The summed E-state index contributed by atoms with van der Waals surface area (Å²) < 4.78 is 5.00. The van der Waals surface area contributed by atoms with Gasteiger partial charge >= 0.3 is 0 Å². The molecule has 0 aliphatic carbocycles. The van der Waals surface area contributed by atoms with Gasteiger partial charge in [-0.05, 0) is 38.3 Å². The van der Waals surface area contributed by atoms with Crippen LogP contribution in [0.15, 0.2) is 30.3 Å². The SMILES string of the molecule is COCCNC(=O)CN1CCC[C@H]1c1nc(C)c2c(n1)N(Cc1ccccc1)C(=O)CC2. The van der Waals surface area contributed by atoms with Crippen LogP contribution >= 0.6 is 0 Å². The topological polar surface area (TPSA) is 87.7 Å². The molecule has 2 amide bonds. The number of carbonyl (C=O) groups excluding carboxylic acids is 2. The van der Waals surface area contributed by atoms with Crippen molar-refractivity contribution in [2.45, 2.75) is 45.2 Å². The second-order valence-corrected chi connectivity index (χ2v) is 8.41. The predicted octanol–water partition coefficient (Wildman–Crippen LogP) is 2.16. The Hall–Kier alpha value is -2.84. The van der Waals surface area contributed by atoms with Gasteiger partial charge in [-0.25, -0.2) is 9.97 Å². The largest absolute Gasteiger partial charge is 0.383 e. The van der Waals surface area contributed by atoms with E-state index >= 15 is 0 Å². The molecule has 0 radical (unpaired) electrons. The molecule has 1 saturated heterocycles. The molecule has 170 valence electrons. The van der Waals surface area contributed by atoms with E-state index in [4.69, 9.17) is 14.7 Å². The van der Waals surface area contributed by atoms with Crippen molar-refractivity contribution in [1.82, 2.24) is 20.2 Å². The number of anilines is 1. The zero-order valence-corrected chi connectivity index (χ0v) is 18.8. The number of rotatable bonds is 8. The molecule has 1 aromatic carbocycles. The van der Waals surface area contributed by atoms with E-state index in [0.717, 1.165) is 42.0 Å². The van der Waals surface area contributed by atoms with Gasteiger partial charge in [0, 0.05) is 31.3 Å². The Morgan fingerprint density at radius 3 is 2.81 bits per heavy atom. The third-order valence-corrected chi connectivity index (χ3v) is 6.18. The van der Waals surface area contributed by atoms with Crippen LogP contribution in [0.1, 0.15) is 47.9 Å². The summed E-state index contributed by atoms with van der Waals surface area (Å²) in [5.74, 6) is 1.50. The van der Waals surface area contributed by atoms with E-state index in [2.05, 4.69) is 10.2 Å². The van der Waals surface area contributed by atoms with Crippen molar-refractivity contribution in [3.8, 4) is 0 Å². The van der Waals surface area contributed by atoms with Gasteiger partial charge in [-0.15, -0.1) is 0 Å². The molecule has 32 heavy (non-hydrogen) atoms. The van der Waals surface area contributed by atoms with Gasteiger partial charge in [0.2, 0.25) is 11.8 Å². The normalized spacial score (nSPS) is 18.6. The Morgan fingerprint density at radius 1 is 1.22 bits per heavy atom. The summed E-state index contributed by atoms with van der Waals surface area (Å²) in [6.07, 6.45) is 3.03. The number of nitrogens with one attached hydrogen (secondary N) is 1. The molecule has 0 unspecified atom stereocenters. The first-order chi connectivity index (χ1) is 15.6. The van der Waals surface area contributed by atoms with Crippen LogP contribution < -0.4 is 10.2 Å². The van der Waals surface area contributed by atoms with Crippen LogP contribution in [0, 0.1) is 6.92 Å². The standard InChI is InChI=1S/C24H31N5O3/c1-17-19-10-11-22(31)29(15-18-7-4-3-5-8-18)24(19)27-23(26-17)20-9-6-13-28(20)16-21(30)25-12-14-32-2/h3-5,7-8,20H,6,9-16H2,1-2H3,(H,25,30)/t20-/m0/s1. The zero-order chi connectivity index (χ0) is 22.5. The number of nitrogens with zero attached hydrogens (tertiary/aromatic N) is 4. The van der Waals surface area contributed by atoms with Crippen molar-refractivity contribution in [3.63, 3.8) is 0 Å². The molecular formula is C24H31N5O3. The van der Waals surface area contributed by atoms with Gasteiger partial charge in [-0.3, -0.25) is 19.4 Å². The first-order valence-electron chi connectivity index (χ1n) is 11.3. The number of fused-ring (bicyclic) bond motifs is 1. The van der Waals surface area contributed by atoms with E-state index in [1.165, 1.54) is 0 Å². The molecule has 8 nitrogen and oxygen atoms in total. The van der Waals surface area contributed by atoms with E-state index in [9.17, 15) is 9.59 Å². The summed E-state index contributed by atoms with van der Waals surface area (Å²) in [5.41, 5.74) is 3.04. The Kier molecular flexibility index (Phi) is 7.12. The van der Waals surface area contributed by atoms with Crippen LogP contribution in [-0.4, -0.2) is 60.0 Å². The van der Waals surface area contributed by atoms with Gasteiger partial charge in [-0.1, -0.05) is 30.3 Å². The highest BCUT2D eigenvalue weighted by Gasteiger charge is 2.33. The minimum atomic E-state index is -0.0252. The van der Waals surface area contributed by atoms with Gasteiger partial charge in [0.05, 0.1) is 25.7 Å². The second kappa shape index (κ2) is 10.2. The maximum Gasteiger partial charge on any atom is 0.234 e. The van der Waals surface area contributed by atoms with Crippen LogP contribution in [0.2, 0.25) is 0 Å². The van der Waals surface area contributed by atoms with E-state index in [-0.39, 0.29) is 17.9 Å². The number of hydrogen-bond donors (Lipinski definition) is 1. The maximum atomic E-state index is 12.8. The van der Waals surface area contributed by atoms with Crippen molar-refractivity contribution in [2.75, 3.05) is 38.3 Å². The van der Waals surface area contributed by atoms with Crippen molar-refractivity contribution in [3.05, 3.63) is 53.0 Å². The lowest BCUT2D eigenvalue weighted by Gasteiger charge is -2.31. The maximum absolute atomic E-state index is 12.8. The first-order valence-corrected chi connectivity index (χ1v) is 11.3. The molecule has 2 aliphatic rings. The average molecular weight is 438 g/mol. The molecule has 0 saturated carbocycles. The summed E-state index contributed by atoms with van der Waals surface area (Å²) >= 11 is 0. The minimum absolute atomic E-state index is 0.0236. The molecule has 0 spiro atoms. The molecular weight excluding hydrogens is 406 g/mol. The lowest BCUT2D eigenvalue weighted by Crippen LogP contribution is -2.39. The van der Waals surface area contributed by atoms with Crippen LogP contribution in [0.25, 0.3) is 0 Å². The van der Waals surface area contributed by atoms with Crippen molar-refractivity contribution in [2.24, 2.45) is 0 Å². The molecule has 1 aromatic heterocycles. The molecule has 2 aliphatic heterocycles. The number of methoxy groups -OCH3 is 1. The van der Waals surface area contributed by atoms with Crippen molar-refractivity contribution in [1.29, 1.82) is 0 Å². The summed E-state index contributed by atoms with van der Waals surface area (Å²) in [7, 11) is 1.62. The molecule has 1 fully saturated rings. The minimum Gasteiger partial charge on any atom is -0.383 e. The lowest BCUT2D eigenvalue weighted by molar-refractivity contribution is -0.122. The molecule has 1 N–H and O–H groups in total. The van der Waals surface area contributed by atoms with E-state index in [0.29, 0.717) is 44.9 Å². The number of aromatic nitrogens is 2. The second-order valence-electron chi connectivity index (χ2n) is 8.41. The fraction of sp³-hybridized carbons (Fsp3) is 0.500. The molecule has 0 bridgehead atoms. The molecule has 2 aromatic rings. The molecule has 1 atom stereocenters. The van der Waals surface area contributed by atoms with Crippen molar-refractivity contribution >= 4 is 17.6 Å². The Balaban J connectivity index is 1.57. The van der Waals surface area contributed by atoms with Gasteiger partial charge in [0.1, 0.15) is 11.6 Å². The molecule has 3 heterocycles. The summed E-state index contributed by atoms with van der Waals surface area (Å²) in [4.78, 5) is 38.9. The first kappa shape index (κ1) is 22.4. The van der Waals surface area contributed by atoms with Gasteiger partial charge in [0.25, 0.3) is 0 Å². The number of ether oxygens (including phenoxy) is 1. The van der Waals surface area contributed by atoms with Crippen LogP contribution in [-0.2, 0) is 27.3 Å². The summed E-state index contributed by atoms with van der Waals surface area (Å²) in [6, 6.07) is 9.96. The zero-order valence-electron chi connectivity index (χ0n) is 18.8. The monoisotopic (exact) mass is 437 g/mol. The number of likely N-dealkylation sites (tertiary alicyclic amines) is 1. The predicted molar refractivity (Wildman–Crippen MR) is 121 cm³/mol. The van der Waals surface area contributed by atoms with Gasteiger partial charge in [0.15, 0.2) is 0 Å². The summed E-state index contributed by atoms with van der Waals surface area (Å²) in [5, 5.41) is 2.88. The Bertz CT molecular complexity index is 966. The van der Waals surface area contributed by atoms with Gasteiger partial charge in [-0.2, -0.15) is 0 Å². The quantitative estimate of drug-likeness (QED) is 0.637. The number of aryl methyl sites for hydroxylation is 1. The smallest absolute Gasteiger partial charge is 0.234 e. The van der Waals surface area contributed by atoms with E-state index in [1.807, 2.05) is 37.3 Å². The van der Waals surface area contributed by atoms with E-state index < -0.39 is 0 Å². The summed E-state index contributed by atoms with van der Waals surface area (Å²) in [6.45, 7) is 4.62. The van der Waals surface area contributed by atoms with Crippen molar-refractivity contribution < 1.29 is 14.3 Å².